The number of aryl methyl sites for hydroxylation is 1. The van der Waals surface area contributed by atoms with Crippen LogP contribution in [0.4, 0.5) is 0 Å². The normalized spacial score (nSPS) is 22.4. The molecule has 0 saturated carbocycles. The summed E-state index contributed by atoms with van der Waals surface area (Å²) >= 11 is 0. The van der Waals surface area contributed by atoms with Crippen LogP contribution in [0.2, 0.25) is 0 Å². The molecule has 0 aromatic heterocycles. The molecule has 3 rings (SSSR count). The van der Waals surface area contributed by atoms with Crippen LogP contribution in [0.15, 0.2) is 29.2 Å². The zero-order valence-corrected chi connectivity index (χ0v) is 16.3. The van der Waals surface area contributed by atoms with Gasteiger partial charge in [0.25, 0.3) is 10.1 Å². The van der Waals surface area contributed by atoms with Gasteiger partial charge in [-0.2, -0.15) is 8.42 Å². The summed E-state index contributed by atoms with van der Waals surface area (Å²) in [5.41, 5.74) is 6.09. The van der Waals surface area contributed by atoms with Crippen molar-refractivity contribution in [2.45, 2.75) is 43.1 Å². The van der Waals surface area contributed by atoms with E-state index in [4.69, 9.17) is 14.7 Å². The molecule has 2 aliphatic heterocycles. The maximum Gasteiger partial charge on any atom is 0.297 e. The van der Waals surface area contributed by atoms with E-state index in [0.717, 1.165) is 38.0 Å². The average molecular weight is 383 g/mol. The number of rotatable bonds is 6. The summed E-state index contributed by atoms with van der Waals surface area (Å²) in [4.78, 5) is 2.54. The molecule has 2 saturated heterocycles. The number of hydrogen-bond acceptors (Lipinski definition) is 6. The van der Waals surface area contributed by atoms with E-state index in [1.54, 1.807) is 24.3 Å². The van der Waals surface area contributed by atoms with Crippen LogP contribution in [0.1, 0.15) is 31.2 Å². The lowest BCUT2D eigenvalue weighted by Gasteiger charge is -2.42. The number of benzene rings is 1. The van der Waals surface area contributed by atoms with E-state index in [1.807, 2.05) is 6.92 Å². The molecule has 6 nitrogen and oxygen atoms in total. The first-order valence-corrected chi connectivity index (χ1v) is 10.9. The Morgan fingerprint density at radius 3 is 2.38 bits per heavy atom. The molecule has 2 N–H and O–H groups in total. The lowest BCUT2D eigenvalue weighted by atomic mass is 9.91. The second-order valence-corrected chi connectivity index (χ2v) is 9.15. The Morgan fingerprint density at radius 1 is 1.19 bits per heavy atom. The first-order valence-electron chi connectivity index (χ1n) is 9.45. The molecule has 1 aromatic carbocycles. The maximum atomic E-state index is 12.9. The summed E-state index contributed by atoms with van der Waals surface area (Å²) in [5, 5.41) is 0. The predicted octanol–water partition coefficient (Wildman–Crippen LogP) is 1.92. The highest BCUT2D eigenvalue weighted by molar-refractivity contribution is 7.86. The number of piperidine rings is 1. The average Bonchev–Trinajstić information content (AvgIpc) is 2.63. The molecule has 26 heavy (non-hydrogen) atoms. The monoisotopic (exact) mass is 382 g/mol. The fraction of sp³-hybridized carbons (Fsp3) is 0.684. The first-order chi connectivity index (χ1) is 12.4. The smallest absolute Gasteiger partial charge is 0.297 e. The lowest BCUT2D eigenvalue weighted by molar-refractivity contribution is -0.0630. The van der Waals surface area contributed by atoms with Crippen molar-refractivity contribution >= 4 is 10.1 Å². The Kier molecular flexibility index (Phi) is 6.35. The molecule has 7 heteroatoms. The topological polar surface area (TPSA) is 81.9 Å². The Bertz CT molecular complexity index is 676. The van der Waals surface area contributed by atoms with Gasteiger partial charge in [-0.15, -0.1) is 0 Å². The van der Waals surface area contributed by atoms with Crippen LogP contribution in [-0.4, -0.2) is 58.3 Å². The van der Waals surface area contributed by atoms with Crippen LogP contribution in [0.3, 0.4) is 0 Å². The van der Waals surface area contributed by atoms with Crippen LogP contribution in [0.25, 0.3) is 0 Å². The largest absolute Gasteiger partial charge is 0.381 e. The van der Waals surface area contributed by atoms with Gasteiger partial charge in [-0.25, -0.2) is 0 Å². The Hall–Kier alpha value is -0.990. The quantitative estimate of drug-likeness (QED) is 0.757. The molecule has 1 aromatic rings. The van der Waals surface area contributed by atoms with Crippen LogP contribution in [0, 0.1) is 12.8 Å². The Labute approximate surface area is 156 Å². The molecule has 2 heterocycles. The fourth-order valence-corrected chi connectivity index (χ4v) is 5.04. The number of likely N-dealkylation sites (tertiary alicyclic amines) is 1. The fourth-order valence-electron chi connectivity index (χ4n) is 3.78. The minimum atomic E-state index is -3.80. The molecule has 2 fully saturated rings. The van der Waals surface area contributed by atoms with Crippen molar-refractivity contribution in [3.63, 3.8) is 0 Å². The number of ether oxygens (including phenoxy) is 1. The number of nitrogens with zero attached hydrogens (tertiary/aromatic N) is 1. The number of nitrogens with two attached hydrogens (primary N) is 1. The van der Waals surface area contributed by atoms with Gasteiger partial charge in [0.1, 0.15) is 5.60 Å². The molecular weight excluding hydrogens is 352 g/mol. The highest BCUT2D eigenvalue weighted by atomic mass is 32.2. The molecular formula is C19H30N2O4S. The molecule has 0 unspecified atom stereocenters. The van der Waals surface area contributed by atoms with Gasteiger partial charge < -0.3 is 15.4 Å². The maximum absolute atomic E-state index is 12.9. The zero-order chi connectivity index (χ0) is 18.6. The van der Waals surface area contributed by atoms with Crippen LogP contribution < -0.4 is 5.73 Å². The van der Waals surface area contributed by atoms with E-state index in [0.29, 0.717) is 38.5 Å². The second kappa shape index (κ2) is 8.35. The van der Waals surface area contributed by atoms with Gasteiger partial charge in [-0.3, -0.25) is 4.18 Å². The van der Waals surface area contributed by atoms with E-state index < -0.39 is 15.7 Å². The molecule has 0 amide bonds. The molecule has 0 spiro atoms. The van der Waals surface area contributed by atoms with Crippen molar-refractivity contribution in [1.82, 2.24) is 4.90 Å². The van der Waals surface area contributed by atoms with E-state index in [-0.39, 0.29) is 4.90 Å². The summed E-state index contributed by atoms with van der Waals surface area (Å²) in [5.74, 6) is 0.578. The third-order valence-electron chi connectivity index (χ3n) is 5.55. The molecule has 0 radical (unpaired) electrons. The van der Waals surface area contributed by atoms with Crippen molar-refractivity contribution < 1.29 is 17.3 Å². The van der Waals surface area contributed by atoms with Gasteiger partial charge in [0.05, 0.1) is 4.90 Å². The van der Waals surface area contributed by atoms with Gasteiger partial charge >= 0.3 is 0 Å². The first kappa shape index (κ1) is 19.8. The highest BCUT2D eigenvalue weighted by Gasteiger charge is 2.41. The molecule has 0 atom stereocenters. The zero-order valence-electron chi connectivity index (χ0n) is 15.5. The van der Waals surface area contributed by atoms with Crippen LogP contribution in [0.5, 0.6) is 0 Å². The summed E-state index contributed by atoms with van der Waals surface area (Å²) < 4.78 is 37.1. The standard InChI is InChI=1S/C19H30N2O4S/c1-16-2-4-18(5-3-16)26(22,23)25-19(8-12-24-13-9-19)15-21-10-6-17(14-20)7-11-21/h2-5,17H,6-15,20H2,1H3. The van der Waals surface area contributed by atoms with Gasteiger partial charge in [0.2, 0.25) is 0 Å². The third-order valence-corrected chi connectivity index (χ3v) is 6.97. The molecule has 0 bridgehead atoms. The van der Waals surface area contributed by atoms with E-state index in [2.05, 4.69) is 4.90 Å². The SMILES string of the molecule is Cc1ccc(S(=O)(=O)OC2(CN3CCC(CN)CC3)CCOCC2)cc1. The molecule has 2 aliphatic rings. The van der Waals surface area contributed by atoms with E-state index >= 15 is 0 Å². The summed E-state index contributed by atoms with van der Waals surface area (Å²) in [7, 11) is -3.80. The van der Waals surface area contributed by atoms with Crippen molar-refractivity contribution in [1.29, 1.82) is 0 Å². The summed E-state index contributed by atoms with van der Waals surface area (Å²) in [6.45, 7) is 6.23. The Balaban J connectivity index is 1.74. The van der Waals surface area contributed by atoms with E-state index in [9.17, 15) is 8.42 Å². The minimum Gasteiger partial charge on any atom is -0.381 e. The molecule has 0 aliphatic carbocycles. The summed E-state index contributed by atoms with van der Waals surface area (Å²) in [6, 6.07) is 6.82. The van der Waals surface area contributed by atoms with Crippen molar-refractivity contribution in [3.05, 3.63) is 29.8 Å². The van der Waals surface area contributed by atoms with Crippen molar-refractivity contribution in [2.75, 3.05) is 39.4 Å². The van der Waals surface area contributed by atoms with Gasteiger partial charge in [0.15, 0.2) is 0 Å². The highest BCUT2D eigenvalue weighted by Crippen LogP contribution is 2.32. The van der Waals surface area contributed by atoms with Gasteiger partial charge in [-0.05, 0) is 57.5 Å². The lowest BCUT2D eigenvalue weighted by Crippen LogP contribution is -2.51. The van der Waals surface area contributed by atoms with Crippen LogP contribution in [-0.2, 0) is 19.0 Å². The van der Waals surface area contributed by atoms with Crippen molar-refractivity contribution in [2.24, 2.45) is 11.7 Å². The van der Waals surface area contributed by atoms with Crippen molar-refractivity contribution in [3.8, 4) is 0 Å². The van der Waals surface area contributed by atoms with E-state index in [1.165, 1.54) is 0 Å². The van der Waals surface area contributed by atoms with Crippen LogP contribution >= 0.6 is 0 Å². The third kappa shape index (κ3) is 4.84. The Morgan fingerprint density at radius 2 is 1.81 bits per heavy atom. The van der Waals surface area contributed by atoms with Gasteiger partial charge in [0, 0.05) is 32.6 Å². The second-order valence-electron chi connectivity index (χ2n) is 7.60. The minimum absolute atomic E-state index is 0.218. The number of hydrogen-bond donors (Lipinski definition) is 1. The predicted molar refractivity (Wildman–Crippen MR) is 100 cm³/mol. The summed E-state index contributed by atoms with van der Waals surface area (Å²) in [6.07, 6.45) is 3.31. The molecule has 146 valence electrons. The van der Waals surface area contributed by atoms with Gasteiger partial charge in [-0.1, -0.05) is 17.7 Å².